The third kappa shape index (κ3) is 2.94. The molecule has 0 radical (unpaired) electrons. The summed E-state index contributed by atoms with van der Waals surface area (Å²) in [6, 6.07) is 10.4. The average Bonchev–Trinajstić information content (AvgIpc) is 3.27. The lowest BCUT2D eigenvalue weighted by Crippen LogP contribution is -2.44. The van der Waals surface area contributed by atoms with Gasteiger partial charge in [-0.15, -0.1) is 0 Å². The Labute approximate surface area is 117 Å². The Bertz CT molecular complexity index is 425. The number of nitrogens with zero attached hydrogens (tertiary/aromatic N) is 1. The summed E-state index contributed by atoms with van der Waals surface area (Å²) in [6.07, 6.45) is 5.31. The minimum Gasteiger partial charge on any atom is -0.368 e. The molecule has 1 saturated carbocycles. The maximum Gasteiger partial charge on any atom is 0.0401 e. The van der Waals surface area contributed by atoms with Crippen molar-refractivity contribution in [1.29, 1.82) is 0 Å². The summed E-state index contributed by atoms with van der Waals surface area (Å²) < 4.78 is 0. The molecule has 0 saturated heterocycles. The topological polar surface area (TPSA) is 15.3 Å². The molecule has 0 aromatic heterocycles. The number of hydrogen-bond acceptors (Lipinski definition) is 2. The SMILES string of the molecule is CC(CNC1CC1)C(C)N1CCCc2ccccc21. The van der Waals surface area contributed by atoms with Crippen molar-refractivity contribution >= 4 is 5.69 Å². The molecule has 0 spiro atoms. The van der Waals surface area contributed by atoms with Gasteiger partial charge in [-0.3, -0.25) is 0 Å². The molecule has 0 bridgehead atoms. The molecule has 2 aliphatic rings. The van der Waals surface area contributed by atoms with Gasteiger partial charge in [-0.05, 0) is 56.7 Å². The highest BCUT2D eigenvalue weighted by Gasteiger charge is 2.26. The number of para-hydroxylation sites is 1. The lowest BCUT2D eigenvalue weighted by molar-refractivity contribution is 0.412. The van der Waals surface area contributed by atoms with Crippen molar-refractivity contribution in [3.63, 3.8) is 0 Å². The summed E-state index contributed by atoms with van der Waals surface area (Å²) in [5.41, 5.74) is 3.00. The van der Waals surface area contributed by atoms with Gasteiger partial charge in [0.25, 0.3) is 0 Å². The third-order valence-electron chi connectivity index (χ3n) is 4.77. The Kier molecular flexibility index (Phi) is 3.79. The first-order chi connectivity index (χ1) is 9.25. The van der Waals surface area contributed by atoms with Crippen molar-refractivity contribution in [2.75, 3.05) is 18.0 Å². The third-order valence-corrected chi connectivity index (χ3v) is 4.77. The number of benzene rings is 1. The molecule has 19 heavy (non-hydrogen) atoms. The first kappa shape index (κ1) is 13.0. The molecule has 1 heterocycles. The van der Waals surface area contributed by atoms with Crippen LogP contribution < -0.4 is 10.2 Å². The summed E-state index contributed by atoms with van der Waals surface area (Å²) >= 11 is 0. The summed E-state index contributed by atoms with van der Waals surface area (Å²) in [5.74, 6) is 0.701. The van der Waals surface area contributed by atoms with Crippen LogP contribution in [0.3, 0.4) is 0 Å². The van der Waals surface area contributed by atoms with Gasteiger partial charge in [-0.25, -0.2) is 0 Å². The largest absolute Gasteiger partial charge is 0.368 e. The zero-order valence-corrected chi connectivity index (χ0v) is 12.2. The van der Waals surface area contributed by atoms with Crippen LogP contribution in [0.1, 0.15) is 38.7 Å². The summed E-state index contributed by atoms with van der Waals surface area (Å²) in [4.78, 5) is 2.62. The van der Waals surface area contributed by atoms with Gasteiger partial charge >= 0.3 is 0 Å². The highest BCUT2D eigenvalue weighted by atomic mass is 15.2. The van der Waals surface area contributed by atoms with E-state index in [1.165, 1.54) is 43.5 Å². The number of rotatable bonds is 5. The monoisotopic (exact) mass is 258 g/mol. The van der Waals surface area contributed by atoms with Crippen LogP contribution in [0.15, 0.2) is 24.3 Å². The summed E-state index contributed by atoms with van der Waals surface area (Å²) in [7, 11) is 0. The van der Waals surface area contributed by atoms with Gasteiger partial charge in [0.1, 0.15) is 0 Å². The normalized spacial score (nSPS) is 21.9. The van der Waals surface area contributed by atoms with E-state index in [1.807, 2.05) is 0 Å². The van der Waals surface area contributed by atoms with Crippen LogP contribution in [-0.2, 0) is 6.42 Å². The van der Waals surface area contributed by atoms with E-state index in [0.717, 1.165) is 12.6 Å². The highest BCUT2D eigenvalue weighted by Crippen LogP contribution is 2.30. The van der Waals surface area contributed by atoms with Crippen LogP contribution in [0.4, 0.5) is 5.69 Å². The molecule has 2 unspecified atom stereocenters. The number of hydrogen-bond donors (Lipinski definition) is 1. The quantitative estimate of drug-likeness (QED) is 0.872. The van der Waals surface area contributed by atoms with E-state index in [9.17, 15) is 0 Å². The molecule has 104 valence electrons. The van der Waals surface area contributed by atoms with E-state index in [4.69, 9.17) is 0 Å². The Morgan fingerprint density at radius 2 is 2.05 bits per heavy atom. The molecule has 1 N–H and O–H groups in total. The van der Waals surface area contributed by atoms with Crippen molar-refractivity contribution in [2.24, 2.45) is 5.92 Å². The first-order valence-corrected chi connectivity index (χ1v) is 7.83. The van der Waals surface area contributed by atoms with Gasteiger partial charge in [0.15, 0.2) is 0 Å². The van der Waals surface area contributed by atoms with Crippen LogP contribution >= 0.6 is 0 Å². The Balaban J connectivity index is 1.67. The minimum absolute atomic E-state index is 0.618. The van der Waals surface area contributed by atoms with Gasteiger partial charge in [0.05, 0.1) is 0 Å². The molecule has 2 heteroatoms. The number of aryl methyl sites for hydroxylation is 1. The molecular weight excluding hydrogens is 232 g/mol. The first-order valence-electron chi connectivity index (χ1n) is 7.83. The molecule has 2 nitrogen and oxygen atoms in total. The number of fused-ring (bicyclic) bond motifs is 1. The van der Waals surface area contributed by atoms with Gasteiger partial charge < -0.3 is 10.2 Å². The fraction of sp³-hybridized carbons (Fsp3) is 0.647. The zero-order valence-electron chi connectivity index (χ0n) is 12.2. The van der Waals surface area contributed by atoms with E-state index in [-0.39, 0.29) is 0 Å². The molecule has 3 rings (SSSR count). The Morgan fingerprint density at radius 1 is 1.26 bits per heavy atom. The molecular formula is C17H26N2. The van der Waals surface area contributed by atoms with Crippen molar-refractivity contribution in [3.8, 4) is 0 Å². The minimum atomic E-state index is 0.618. The van der Waals surface area contributed by atoms with E-state index in [2.05, 4.69) is 48.3 Å². The van der Waals surface area contributed by atoms with E-state index < -0.39 is 0 Å². The van der Waals surface area contributed by atoms with Gasteiger partial charge in [-0.2, -0.15) is 0 Å². The predicted octanol–water partition coefficient (Wildman–Crippen LogP) is 3.22. The van der Waals surface area contributed by atoms with Crippen LogP contribution in [0.2, 0.25) is 0 Å². The van der Waals surface area contributed by atoms with Crippen LogP contribution in [0.5, 0.6) is 0 Å². The Hall–Kier alpha value is -1.02. The number of nitrogens with one attached hydrogen (secondary N) is 1. The van der Waals surface area contributed by atoms with Crippen LogP contribution in [0.25, 0.3) is 0 Å². The van der Waals surface area contributed by atoms with Crippen molar-refractivity contribution < 1.29 is 0 Å². The van der Waals surface area contributed by atoms with Crippen molar-refractivity contribution in [3.05, 3.63) is 29.8 Å². The van der Waals surface area contributed by atoms with E-state index in [0.29, 0.717) is 12.0 Å². The van der Waals surface area contributed by atoms with Crippen molar-refractivity contribution in [2.45, 2.75) is 51.6 Å². The summed E-state index contributed by atoms with van der Waals surface area (Å²) in [6.45, 7) is 7.15. The lowest BCUT2D eigenvalue weighted by Gasteiger charge is -2.39. The summed E-state index contributed by atoms with van der Waals surface area (Å²) in [5, 5.41) is 3.67. The van der Waals surface area contributed by atoms with Gasteiger partial charge in [-0.1, -0.05) is 25.1 Å². The number of anilines is 1. The molecule has 0 amide bonds. The second kappa shape index (κ2) is 5.54. The van der Waals surface area contributed by atoms with Crippen LogP contribution in [-0.4, -0.2) is 25.2 Å². The molecule has 1 aliphatic heterocycles. The molecule has 1 aliphatic carbocycles. The lowest BCUT2D eigenvalue weighted by atomic mass is 9.95. The fourth-order valence-electron chi connectivity index (χ4n) is 3.10. The maximum atomic E-state index is 3.67. The molecule has 1 fully saturated rings. The molecule has 1 aromatic carbocycles. The second-order valence-corrected chi connectivity index (χ2v) is 6.33. The van der Waals surface area contributed by atoms with Crippen LogP contribution in [0, 0.1) is 5.92 Å². The Morgan fingerprint density at radius 3 is 2.84 bits per heavy atom. The van der Waals surface area contributed by atoms with Gasteiger partial charge in [0, 0.05) is 24.3 Å². The smallest absolute Gasteiger partial charge is 0.0401 e. The van der Waals surface area contributed by atoms with E-state index in [1.54, 1.807) is 0 Å². The average molecular weight is 258 g/mol. The second-order valence-electron chi connectivity index (χ2n) is 6.33. The predicted molar refractivity (Wildman–Crippen MR) is 81.8 cm³/mol. The molecule has 2 atom stereocenters. The standard InChI is InChI=1S/C17H26N2/c1-13(12-18-16-9-10-16)14(2)19-11-5-7-15-6-3-4-8-17(15)19/h3-4,6,8,13-14,16,18H,5,7,9-12H2,1-2H3. The highest BCUT2D eigenvalue weighted by molar-refractivity contribution is 5.56. The zero-order chi connectivity index (χ0) is 13.2. The van der Waals surface area contributed by atoms with Crippen molar-refractivity contribution in [1.82, 2.24) is 5.32 Å². The maximum absolute atomic E-state index is 3.67. The van der Waals surface area contributed by atoms with Gasteiger partial charge in [0.2, 0.25) is 0 Å². The fourth-order valence-corrected chi connectivity index (χ4v) is 3.10. The molecule has 1 aromatic rings. The van der Waals surface area contributed by atoms with E-state index >= 15 is 0 Å².